The molecule has 0 unspecified atom stereocenters. The Morgan fingerprint density at radius 3 is 2.48 bits per heavy atom. The van der Waals surface area contributed by atoms with E-state index in [1.165, 1.54) is 39.0 Å². The Morgan fingerprint density at radius 1 is 1.08 bits per heavy atom. The average molecular weight is 347 g/mol. The molecule has 25 heavy (non-hydrogen) atoms. The van der Waals surface area contributed by atoms with E-state index in [4.69, 9.17) is 4.74 Å². The number of aliphatic hydroxyl groups is 1. The van der Waals surface area contributed by atoms with Gasteiger partial charge in [-0.05, 0) is 84.9 Å². The third-order valence-corrected chi connectivity index (χ3v) is 10.3. The molecule has 6 rings (SSSR count). The Balaban J connectivity index is 1.48. The maximum Gasteiger partial charge on any atom is 0.302 e. The Labute approximate surface area is 151 Å². The summed E-state index contributed by atoms with van der Waals surface area (Å²) in [5.74, 6) is 3.06. The van der Waals surface area contributed by atoms with E-state index in [1.807, 2.05) is 0 Å². The molecule has 0 aromatic rings. The van der Waals surface area contributed by atoms with Crippen LogP contribution < -0.4 is 0 Å². The topological polar surface area (TPSA) is 46.5 Å². The van der Waals surface area contributed by atoms with Gasteiger partial charge in [0.2, 0.25) is 0 Å². The fraction of sp³-hybridized carbons (Fsp3) is 0.955. The third kappa shape index (κ3) is 1.84. The molecule has 3 heteroatoms. The highest BCUT2D eigenvalue weighted by Crippen LogP contribution is 2.85. The molecule has 0 aliphatic heterocycles. The summed E-state index contributed by atoms with van der Waals surface area (Å²) in [6.07, 6.45) is 8.57. The molecule has 3 nitrogen and oxygen atoms in total. The lowest BCUT2D eigenvalue weighted by Gasteiger charge is -2.66. The molecular weight excluding hydrogens is 312 g/mol. The van der Waals surface area contributed by atoms with E-state index in [1.54, 1.807) is 0 Å². The van der Waals surface area contributed by atoms with Crippen LogP contribution in [-0.4, -0.2) is 23.8 Å². The highest BCUT2D eigenvalue weighted by Gasteiger charge is 2.78. The molecule has 6 aliphatic rings. The van der Waals surface area contributed by atoms with Gasteiger partial charge in [0.15, 0.2) is 0 Å². The quantitative estimate of drug-likeness (QED) is 0.763. The van der Waals surface area contributed by atoms with Gasteiger partial charge < -0.3 is 9.84 Å². The number of carbonyl (C=O) groups is 1. The minimum absolute atomic E-state index is 0.221. The number of aliphatic hydroxyl groups excluding tert-OH is 1. The summed E-state index contributed by atoms with van der Waals surface area (Å²) in [4.78, 5) is 11.4. The normalized spacial score (nSPS) is 61.2. The average Bonchev–Trinajstić information content (AvgIpc) is 3.00. The van der Waals surface area contributed by atoms with Crippen LogP contribution in [-0.2, 0) is 9.53 Å². The van der Waals surface area contributed by atoms with Crippen LogP contribution in [0.15, 0.2) is 0 Å². The van der Waals surface area contributed by atoms with Crippen LogP contribution in [0.4, 0.5) is 0 Å². The zero-order valence-corrected chi connectivity index (χ0v) is 16.3. The van der Waals surface area contributed by atoms with Gasteiger partial charge in [0.1, 0.15) is 0 Å². The predicted molar refractivity (Wildman–Crippen MR) is 95.7 cm³/mol. The van der Waals surface area contributed by atoms with Crippen molar-refractivity contribution in [2.45, 2.75) is 78.7 Å². The first-order valence-electron chi connectivity index (χ1n) is 10.5. The van der Waals surface area contributed by atoms with Gasteiger partial charge in [0.05, 0.1) is 12.7 Å². The van der Waals surface area contributed by atoms with Crippen molar-refractivity contribution in [3.05, 3.63) is 0 Å². The van der Waals surface area contributed by atoms with E-state index >= 15 is 0 Å². The second-order valence-corrected chi connectivity index (χ2v) is 11.2. The summed E-state index contributed by atoms with van der Waals surface area (Å²) in [5.41, 5.74) is 1.29. The van der Waals surface area contributed by atoms with Gasteiger partial charge in [-0.2, -0.15) is 0 Å². The fourth-order valence-electron chi connectivity index (χ4n) is 9.11. The van der Waals surface area contributed by atoms with E-state index in [-0.39, 0.29) is 17.5 Å². The van der Waals surface area contributed by atoms with Gasteiger partial charge in [-0.1, -0.05) is 20.8 Å². The highest BCUT2D eigenvalue weighted by atomic mass is 16.5. The minimum atomic E-state index is -0.345. The molecule has 0 heterocycles. The first-order chi connectivity index (χ1) is 11.7. The molecule has 4 bridgehead atoms. The summed E-state index contributed by atoms with van der Waals surface area (Å²) in [7, 11) is 0. The van der Waals surface area contributed by atoms with Crippen molar-refractivity contribution >= 4 is 5.97 Å². The smallest absolute Gasteiger partial charge is 0.302 e. The zero-order chi connectivity index (χ0) is 17.8. The van der Waals surface area contributed by atoms with Gasteiger partial charge in [-0.3, -0.25) is 4.79 Å². The Hall–Kier alpha value is -0.570. The molecule has 140 valence electrons. The SMILES string of the molecule is CC(=O)OC[C@]1(C)[C@H]2CC[C@]34C[C@@H]5[C@H](C[C@H]3[C@]2(C)CC[C@H]1O)[C@]5(C)C4. The molecular formula is C22H34O3. The lowest BCUT2D eigenvalue weighted by molar-refractivity contribution is -0.210. The van der Waals surface area contributed by atoms with Crippen LogP contribution in [0.2, 0.25) is 0 Å². The van der Waals surface area contributed by atoms with Gasteiger partial charge in [0, 0.05) is 12.3 Å². The summed E-state index contributed by atoms with van der Waals surface area (Å²) in [6.45, 7) is 9.13. The Morgan fingerprint density at radius 2 is 1.84 bits per heavy atom. The molecule has 0 aromatic heterocycles. The van der Waals surface area contributed by atoms with E-state index in [0.717, 1.165) is 30.6 Å². The van der Waals surface area contributed by atoms with Crippen LogP contribution >= 0.6 is 0 Å². The molecule has 6 saturated carbocycles. The molecule has 9 atom stereocenters. The lowest BCUT2D eigenvalue weighted by atomic mass is 9.39. The molecule has 0 saturated heterocycles. The second-order valence-electron chi connectivity index (χ2n) is 11.2. The molecule has 0 aromatic carbocycles. The lowest BCUT2D eigenvalue weighted by Crippen LogP contribution is -2.62. The summed E-state index contributed by atoms with van der Waals surface area (Å²) < 4.78 is 5.47. The van der Waals surface area contributed by atoms with E-state index in [2.05, 4.69) is 20.8 Å². The molecule has 1 spiro atoms. The summed E-state index contributed by atoms with van der Waals surface area (Å²) >= 11 is 0. The minimum Gasteiger partial charge on any atom is -0.465 e. The van der Waals surface area contributed by atoms with Gasteiger partial charge in [-0.15, -0.1) is 0 Å². The summed E-state index contributed by atoms with van der Waals surface area (Å²) in [6, 6.07) is 0. The van der Waals surface area contributed by atoms with Crippen molar-refractivity contribution in [1.29, 1.82) is 0 Å². The van der Waals surface area contributed by atoms with Crippen molar-refractivity contribution in [2.75, 3.05) is 6.61 Å². The Kier molecular flexibility index (Phi) is 3.08. The maximum atomic E-state index is 11.4. The number of carbonyl (C=O) groups excluding carboxylic acids is 1. The Bertz CT molecular complexity index is 631. The zero-order valence-electron chi connectivity index (χ0n) is 16.3. The number of esters is 1. The van der Waals surface area contributed by atoms with E-state index in [0.29, 0.717) is 28.8 Å². The fourth-order valence-corrected chi connectivity index (χ4v) is 9.11. The van der Waals surface area contributed by atoms with Gasteiger partial charge >= 0.3 is 5.97 Å². The first kappa shape index (κ1) is 16.6. The van der Waals surface area contributed by atoms with Crippen molar-refractivity contribution in [2.24, 2.45) is 45.3 Å². The van der Waals surface area contributed by atoms with Crippen LogP contribution in [0.25, 0.3) is 0 Å². The monoisotopic (exact) mass is 346 g/mol. The van der Waals surface area contributed by atoms with Crippen LogP contribution in [0, 0.1) is 45.3 Å². The largest absolute Gasteiger partial charge is 0.465 e. The predicted octanol–water partition coefficient (Wildman–Crippen LogP) is 4.18. The highest BCUT2D eigenvalue weighted by molar-refractivity contribution is 5.65. The molecule has 6 aliphatic carbocycles. The van der Waals surface area contributed by atoms with Crippen molar-refractivity contribution in [3.8, 4) is 0 Å². The number of rotatable bonds is 2. The van der Waals surface area contributed by atoms with Gasteiger partial charge in [-0.25, -0.2) is 0 Å². The number of ether oxygens (including phenoxy) is 1. The standard InChI is InChI=1S/C22H34O3/c1-13(23)25-12-21(4)16-5-8-22-10-15-14(20(15,3)11-22)9-17(22)19(16,2)7-6-18(21)24/h14-18,24H,5-12H2,1-4H3/t14-,15+,16-,17-,18+,19+,20-,21+,22+/m0/s1. The molecule has 6 fully saturated rings. The van der Waals surface area contributed by atoms with Crippen molar-refractivity contribution in [1.82, 2.24) is 0 Å². The third-order valence-electron chi connectivity index (χ3n) is 10.3. The van der Waals surface area contributed by atoms with Crippen LogP contribution in [0.5, 0.6) is 0 Å². The van der Waals surface area contributed by atoms with E-state index in [9.17, 15) is 9.90 Å². The molecule has 0 amide bonds. The molecule has 1 N–H and O–H groups in total. The number of hydrogen-bond donors (Lipinski definition) is 1. The van der Waals surface area contributed by atoms with Crippen LogP contribution in [0.3, 0.4) is 0 Å². The van der Waals surface area contributed by atoms with Gasteiger partial charge in [0.25, 0.3) is 0 Å². The van der Waals surface area contributed by atoms with Crippen molar-refractivity contribution in [3.63, 3.8) is 0 Å². The second kappa shape index (κ2) is 4.64. The summed E-state index contributed by atoms with van der Waals surface area (Å²) in [5, 5.41) is 10.9. The van der Waals surface area contributed by atoms with E-state index < -0.39 is 0 Å². The number of hydrogen-bond acceptors (Lipinski definition) is 3. The maximum absolute atomic E-state index is 11.4. The first-order valence-corrected chi connectivity index (χ1v) is 10.5. The number of fused-ring (bicyclic) bond motifs is 1. The van der Waals surface area contributed by atoms with Crippen LogP contribution in [0.1, 0.15) is 72.6 Å². The van der Waals surface area contributed by atoms with Crippen molar-refractivity contribution < 1.29 is 14.6 Å². The molecule has 0 radical (unpaired) electrons.